The number of ether oxygens (including phenoxy) is 1. The summed E-state index contributed by atoms with van der Waals surface area (Å²) in [5.41, 5.74) is 2.78. The summed E-state index contributed by atoms with van der Waals surface area (Å²) < 4.78 is 11.6. The molecule has 4 aromatic heterocycles. The van der Waals surface area contributed by atoms with Crippen LogP contribution in [0.15, 0.2) is 41.7 Å². The minimum Gasteiger partial charge on any atom is -0.474 e. The lowest BCUT2D eigenvalue weighted by molar-refractivity contribution is 0.119. The van der Waals surface area contributed by atoms with E-state index in [1.54, 1.807) is 16.4 Å². The Morgan fingerprint density at radius 2 is 1.88 bits per heavy atom. The van der Waals surface area contributed by atoms with Crippen molar-refractivity contribution in [2.45, 2.75) is 37.8 Å². The summed E-state index contributed by atoms with van der Waals surface area (Å²) in [7, 11) is 5.55. The first-order valence-corrected chi connectivity index (χ1v) is 10.8. The standard InChI is InChI=1S/C22H26N8O2/c1-23-20-9-19-18(12-24-20)22(14-10-25-28(2)13-14)27-30(19)15-4-6-17(7-5-15)32-21-8-16(31)11-26-29(21)3/h8-13,15,17H,4-7H2,1-3H3,(H,23,24)/t15-,17+. The number of pyridine rings is 1. The second kappa shape index (κ2) is 8.10. The average Bonchev–Trinajstić information content (AvgIpc) is 3.40. The third kappa shape index (κ3) is 3.72. The number of nitrogens with one attached hydrogen (secondary N) is 1. The van der Waals surface area contributed by atoms with E-state index in [1.807, 2.05) is 32.7 Å². The number of anilines is 1. The van der Waals surface area contributed by atoms with Crippen LogP contribution in [0.4, 0.5) is 5.82 Å². The van der Waals surface area contributed by atoms with Crippen molar-refractivity contribution < 1.29 is 4.74 Å². The maximum absolute atomic E-state index is 11.6. The SMILES string of the molecule is CNc1cc2c(cn1)c(-c1cnn(C)c1)nn2[C@H]1CC[C@@H](Oc2cc(=O)cnn2C)CC1. The van der Waals surface area contributed by atoms with Crippen LogP contribution in [0, 0.1) is 0 Å². The first-order valence-electron chi connectivity index (χ1n) is 10.8. The second-order valence-corrected chi connectivity index (χ2v) is 8.23. The largest absolute Gasteiger partial charge is 0.474 e. The molecule has 4 aromatic rings. The number of rotatable bonds is 5. The molecule has 1 aliphatic carbocycles. The Balaban J connectivity index is 1.41. The molecule has 1 N–H and O–H groups in total. The maximum Gasteiger partial charge on any atom is 0.214 e. The Labute approximate surface area is 184 Å². The summed E-state index contributed by atoms with van der Waals surface area (Å²) in [5, 5.41) is 17.5. The van der Waals surface area contributed by atoms with Gasteiger partial charge in [0.15, 0.2) is 0 Å². The summed E-state index contributed by atoms with van der Waals surface area (Å²) in [4.78, 5) is 16.1. The van der Waals surface area contributed by atoms with E-state index >= 15 is 0 Å². The van der Waals surface area contributed by atoms with Crippen molar-refractivity contribution in [1.29, 1.82) is 0 Å². The molecule has 0 saturated heterocycles. The van der Waals surface area contributed by atoms with Gasteiger partial charge in [0.25, 0.3) is 0 Å². The molecular weight excluding hydrogens is 408 g/mol. The van der Waals surface area contributed by atoms with E-state index in [0.29, 0.717) is 5.88 Å². The zero-order valence-corrected chi connectivity index (χ0v) is 18.4. The van der Waals surface area contributed by atoms with Gasteiger partial charge in [-0.3, -0.25) is 14.2 Å². The molecule has 0 spiro atoms. The molecule has 10 heteroatoms. The van der Waals surface area contributed by atoms with Crippen LogP contribution in [0.2, 0.25) is 0 Å². The van der Waals surface area contributed by atoms with E-state index in [0.717, 1.165) is 53.7 Å². The molecule has 5 rings (SSSR count). The Kier molecular flexibility index (Phi) is 5.12. The van der Waals surface area contributed by atoms with Crippen molar-refractivity contribution in [1.82, 2.24) is 34.3 Å². The smallest absolute Gasteiger partial charge is 0.214 e. The molecule has 10 nitrogen and oxygen atoms in total. The van der Waals surface area contributed by atoms with E-state index in [1.165, 1.54) is 12.3 Å². The van der Waals surface area contributed by atoms with Crippen LogP contribution < -0.4 is 15.5 Å². The quantitative estimate of drug-likeness (QED) is 0.515. The van der Waals surface area contributed by atoms with Crippen LogP contribution in [-0.4, -0.2) is 47.5 Å². The summed E-state index contributed by atoms with van der Waals surface area (Å²) in [6.45, 7) is 0. The van der Waals surface area contributed by atoms with Gasteiger partial charge in [-0.1, -0.05) is 0 Å². The van der Waals surface area contributed by atoms with Gasteiger partial charge in [0.1, 0.15) is 17.6 Å². The molecule has 1 fully saturated rings. The van der Waals surface area contributed by atoms with Crippen molar-refractivity contribution in [2.75, 3.05) is 12.4 Å². The summed E-state index contributed by atoms with van der Waals surface area (Å²) in [5.74, 6) is 1.32. The first-order chi connectivity index (χ1) is 15.5. The predicted octanol–water partition coefficient (Wildman–Crippen LogP) is 2.53. The summed E-state index contributed by atoms with van der Waals surface area (Å²) in [6.07, 6.45) is 10.6. The minimum absolute atomic E-state index is 0.0511. The fourth-order valence-electron chi connectivity index (χ4n) is 4.35. The van der Waals surface area contributed by atoms with Crippen LogP contribution in [0.25, 0.3) is 22.2 Å². The van der Waals surface area contributed by atoms with Gasteiger partial charge in [-0.2, -0.15) is 15.3 Å². The van der Waals surface area contributed by atoms with Crippen LogP contribution in [0.1, 0.15) is 31.7 Å². The van der Waals surface area contributed by atoms with Gasteiger partial charge in [0.05, 0.1) is 24.0 Å². The van der Waals surface area contributed by atoms with Crippen molar-refractivity contribution in [2.24, 2.45) is 14.1 Å². The van der Waals surface area contributed by atoms with Gasteiger partial charge in [-0.25, -0.2) is 9.67 Å². The Morgan fingerprint density at radius 3 is 2.59 bits per heavy atom. The zero-order valence-electron chi connectivity index (χ0n) is 18.4. The molecule has 0 atom stereocenters. The molecule has 0 aliphatic heterocycles. The zero-order chi connectivity index (χ0) is 22.2. The van der Waals surface area contributed by atoms with Crippen molar-refractivity contribution >= 4 is 16.7 Å². The number of fused-ring (bicyclic) bond motifs is 1. The molecule has 0 bridgehead atoms. The highest BCUT2D eigenvalue weighted by Crippen LogP contribution is 2.36. The van der Waals surface area contributed by atoms with E-state index in [2.05, 4.69) is 31.2 Å². The van der Waals surface area contributed by atoms with Gasteiger partial charge in [0, 0.05) is 56.6 Å². The molecule has 1 saturated carbocycles. The lowest BCUT2D eigenvalue weighted by atomic mass is 9.93. The highest BCUT2D eigenvalue weighted by atomic mass is 16.5. The Bertz CT molecular complexity index is 1310. The molecule has 166 valence electrons. The van der Waals surface area contributed by atoms with Gasteiger partial charge in [-0.15, -0.1) is 0 Å². The second-order valence-electron chi connectivity index (χ2n) is 8.23. The Morgan fingerprint density at radius 1 is 1.06 bits per heavy atom. The molecule has 0 unspecified atom stereocenters. The van der Waals surface area contributed by atoms with Gasteiger partial charge < -0.3 is 10.1 Å². The van der Waals surface area contributed by atoms with Crippen LogP contribution in [0.3, 0.4) is 0 Å². The van der Waals surface area contributed by atoms with Crippen molar-refractivity contribution in [3.63, 3.8) is 0 Å². The highest BCUT2D eigenvalue weighted by Gasteiger charge is 2.27. The fraction of sp³-hybridized carbons (Fsp3) is 0.409. The number of nitrogens with zero attached hydrogens (tertiary/aromatic N) is 7. The predicted molar refractivity (Wildman–Crippen MR) is 121 cm³/mol. The monoisotopic (exact) mass is 434 g/mol. The van der Waals surface area contributed by atoms with Crippen molar-refractivity contribution in [3.8, 4) is 17.1 Å². The van der Waals surface area contributed by atoms with E-state index < -0.39 is 0 Å². The van der Waals surface area contributed by atoms with Crippen LogP contribution in [0.5, 0.6) is 5.88 Å². The number of aryl methyl sites for hydroxylation is 2. The minimum atomic E-state index is -0.147. The summed E-state index contributed by atoms with van der Waals surface area (Å²) in [6, 6.07) is 3.80. The molecule has 4 heterocycles. The number of hydrogen-bond donors (Lipinski definition) is 1. The molecule has 1 aliphatic rings. The lowest BCUT2D eigenvalue weighted by Gasteiger charge is -2.29. The third-order valence-corrected chi connectivity index (χ3v) is 6.05. The maximum atomic E-state index is 11.6. The lowest BCUT2D eigenvalue weighted by Crippen LogP contribution is -2.27. The number of hydrogen-bond acceptors (Lipinski definition) is 7. The van der Waals surface area contributed by atoms with E-state index in [-0.39, 0.29) is 17.6 Å². The Hall–Kier alpha value is -3.69. The van der Waals surface area contributed by atoms with Crippen LogP contribution in [-0.2, 0) is 14.1 Å². The summed E-state index contributed by atoms with van der Waals surface area (Å²) >= 11 is 0. The average molecular weight is 435 g/mol. The molecule has 0 amide bonds. The van der Waals surface area contributed by atoms with Gasteiger partial charge in [0.2, 0.25) is 11.3 Å². The van der Waals surface area contributed by atoms with Gasteiger partial charge in [-0.05, 0) is 25.7 Å². The van der Waals surface area contributed by atoms with Crippen LogP contribution >= 0.6 is 0 Å². The van der Waals surface area contributed by atoms with Crippen molar-refractivity contribution in [3.05, 3.63) is 47.1 Å². The van der Waals surface area contributed by atoms with E-state index in [4.69, 9.17) is 9.84 Å². The number of aromatic nitrogens is 7. The molecular formula is C22H26N8O2. The molecule has 0 aromatic carbocycles. The molecule has 0 radical (unpaired) electrons. The molecule has 32 heavy (non-hydrogen) atoms. The first kappa shape index (κ1) is 20.2. The fourth-order valence-corrected chi connectivity index (χ4v) is 4.35. The topological polar surface area (TPSA) is 105 Å². The van der Waals surface area contributed by atoms with E-state index in [9.17, 15) is 4.79 Å². The normalized spacial score (nSPS) is 18.7. The van der Waals surface area contributed by atoms with Gasteiger partial charge >= 0.3 is 0 Å². The third-order valence-electron chi connectivity index (χ3n) is 6.05. The highest BCUT2D eigenvalue weighted by molar-refractivity contribution is 5.93.